The maximum absolute atomic E-state index is 5.49. The van der Waals surface area contributed by atoms with Gasteiger partial charge >= 0.3 is 0 Å². The fourth-order valence-corrected chi connectivity index (χ4v) is 2.69. The molecule has 0 saturated carbocycles. The van der Waals surface area contributed by atoms with Crippen LogP contribution < -0.4 is 14.8 Å². The number of methoxy groups -OCH3 is 2. The largest absolute Gasteiger partial charge is 0.493 e. The summed E-state index contributed by atoms with van der Waals surface area (Å²) in [4.78, 5) is 6.88. The Balaban J connectivity index is 0.00000338. The van der Waals surface area contributed by atoms with Gasteiger partial charge in [-0.3, -0.25) is 0 Å². The van der Waals surface area contributed by atoms with Crippen molar-refractivity contribution in [2.45, 2.75) is 20.0 Å². The van der Waals surface area contributed by atoms with E-state index in [2.05, 4.69) is 27.8 Å². The molecular formula is C19H29IN4O2. The van der Waals surface area contributed by atoms with Gasteiger partial charge in [-0.05, 0) is 25.1 Å². The van der Waals surface area contributed by atoms with Crippen molar-refractivity contribution in [1.82, 2.24) is 14.8 Å². The number of aliphatic imine (C=N–C) groups is 1. The van der Waals surface area contributed by atoms with E-state index in [1.165, 1.54) is 5.69 Å². The van der Waals surface area contributed by atoms with E-state index < -0.39 is 0 Å². The third-order valence-electron chi connectivity index (χ3n) is 4.03. The highest BCUT2D eigenvalue weighted by atomic mass is 127. The molecule has 1 aromatic heterocycles. The molecule has 0 saturated heterocycles. The molecule has 0 radical (unpaired) electrons. The Hall–Kier alpha value is -1.90. The minimum absolute atomic E-state index is 0. The lowest BCUT2D eigenvalue weighted by molar-refractivity contribution is 0.351. The minimum atomic E-state index is 0. The molecule has 0 aliphatic rings. The van der Waals surface area contributed by atoms with Crippen LogP contribution in [0.4, 0.5) is 0 Å². The van der Waals surface area contributed by atoms with Gasteiger partial charge in [0.25, 0.3) is 0 Å². The van der Waals surface area contributed by atoms with Gasteiger partial charge in [-0.2, -0.15) is 0 Å². The lowest BCUT2D eigenvalue weighted by Gasteiger charge is -2.22. The lowest BCUT2D eigenvalue weighted by Crippen LogP contribution is -2.38. The molecule has 0 spiro atoms. The van der Waals surface area contributed by atoms with Gasteiger partial charge in [0.1, 0.15) is 0 Å². The second kappa shape index (κ2) is 10.9. The smallest absolute Gasteiger partial charge is 0.194 e. The van der Waals surface area contributed by atoms with Crippen molar-refractivity contribution in [3.05, 3.63) is 47.8 Å². The van der Waals surface area contributed by atoms with Crippen LogP contribution in [0.25, 0.3) is 0 Å². The van der Waals surface area contributed by atoms with E-state index in [-0.39, 0.29) is 24.0 Å². The zero-order chi connectivity index (χ0) is 18.2. The Morgan fingerprint density at radius 1 is 1.19 bits per heavy atom. The van der Waals surface area contributed by atoms with Crippen LogP contribution in [0.15, 0.2) is 41.5 Å². The number of para-hydroxylation sites is 1. The number of halogens is 1. The van der Waals surface area contributed by atoms with Crippen LogP contribution >= 0.6 is 24.0 Å². The van der Waals surface area contributed by atoms with Gasteiger partial charge < -0.3 is 24.3 Å². The first-order valence-corrected chi connectivity index (χ1v) is 8.40. The number of nitrogens with one attached hydrogen (secondary N) is 1. The highest BCUT2D eigenvalue weighted by molar-refractivity contribution is 14.0. The molecule has 1 N–H and O–H groups in total. The van der Waals surface area contributed by atoms with Crippen molar-refractivity contribution < 1.29 is 9.47 Å². The van der Waals surface area contributed by atoms with Gasteiger partial charge in [0.2, 0.25) is 0 Å². The number of aromatic nitrogens is 1. The van der Waals surface area contributed by atoms with E-state index in [1.54, 1.807) is 14.2 Å². The summed E-state index contributed by atoms with van der Waals surface area (Å²) < 4.78 is 13.0. The van der Waals surface area contributed by atoms with Gasteiger partial charge in [0, 0.05) is 38.1 Å². The van der Waals surface area contributed by atoms with Crippen LogP contribution in [0.2, 0.25) is 0 Å². The number of aryl methyl sites for hydroxylation is 1. The van der Waals surface area contributed by atoms with Crippen LogP contribution in [0.5, 0.6) is 11.5 Å². The molecule has 0 aliphatic heterocycles. The molecule has 0 aliphatic carbocycles. The van der Waals surface area contributed by atoms with Crippen LogP contribution in [0.3, 0.4) is 0 Å². The summed E-state index contributed by atoms with van der Waals surface area (Å²) in [5.74, 6) is 2.31. The number of hydrogen-bond donors (Lipinski definition) is 1. The number of rotatable bonds is 7. The first-order valence-electron chi connectivity index (χ1n) is 8.40. The van der Waals surface area contributed by atoms with E-state index >= 15 is 0 Å². The average molecular weight is 472 g/mol. The van der Waals surface area contributed by atoms with Crippen molar-refractivity contribution in [3.63, 3.8) is 0 Å². The van der Waals surface area contributed by atoms with E-state index in [0.717, 1.165) is 36.1 Å². The fourth-order valence-electron chi connectivity index (χ4n) is 2.69. The molecule has 6 nitrogen and oxygen atoms in total. The number of guanidine groups is 1. The maximum atomic E-state index is 5.49. The van der Waals surface area contributed by atoms with Crippen molar-refractivity contribution in [2.24, 2.45) is 12.0 Å². The molecule has 0 atom stereocenters. The van der Waals surface area contributed by atoms with E-state index in [9.17, 15) is 0 Å². The van der Waals surface area contributed by atoms with E-state index in [0.29, 0.717) is 6.54 Å². The molecule has 0 amide bonds. The van der Waals surface area contributed by atoms with Crippen molar-refractivity contribution in [1.29, 1.82) is 0 Å². The third kappa shape index (κ3) is 5.55. The number of ether oxygens (including phenoxy) is 2. The van der Waals surface area contributed by atoms with Crippen LogP contribution in [-0.4, -0.2) is 43.2 Å². The lowest BCUT2D eigenvalue weighted by atomic mass is 10.2. The first kappa shape index (κ1) is 22.1. The second-order valence-corrected chi connectivity index (χ2v) is 5.79. The fraction of sp³-hybridized carbons (Fsp3) is 0.421. The maximum Gasteiger partial charge on any atom is 0.194 e. The van der Waals surface area contributed by atoms with Crippen LogP contribution in [0, 0.1) is 0 Å². The van der Waals surface area contributed by atoms with Crippen molar-refractivity contribution in [3.8, 4) is 11.5 Å². The van der Waals surface area contributed by atoms with Gasteiger partial charge in [0.15, 0.2) is 17.5 Å². The topological polar surface area (TPSA) is 51.0 Å². The highest BCUT2D eigenvalue weighted by Gasteiger charge is 2.11. The zero-order valence-corrected chi connectivity index (χ0v) is 18.5. The van der Waals surface area contributed by atoms with E-state index in [4.69, 9.17) is 14.5 Å². The van der Waals surface area contributed by atoms with Crippen LogP contribution in [0.1, 0.15) is 18.2 Å². The predicted octanol–water partition coefficient (Wildman–Crippen LogP) is 3.26. The molecule has 26 heavy (non-hydrogen) atoms. The average Bonchev–Trinajstić information content (AvgIpc) is 3.02. The predicted molar refractivity (Wildman–Crippen MR) is 117 cm³/mol. The molecule has 0 bridgehead atoms. The summed E-state index contributed by atoms with van der Waals surface area (Å²) in [5.41, 5.74) is 2.22. The Morgan fingerprint density at radius 3 is 2.54 bits per heavy atom. The Bertz CT molecular complexity index is 715. The van der Waals surface area contributed by atoms with Crippen molar-refractivity contribution >= 4 is 29.9 Å². The molecule has 0 fully saturated rings. The summed E-state index contributed by atoms with van der Waals surface area (Å²) in [7, 11) is 7.38. The van der Waals surface area contributed by atoms with Gasteiger partial charge in [-0.15, -0.1) is 24.0 Å². The molecular weight excluding hydrogens is 443 g/mol. The third-order valence-corrected chi connectivity index (χ3v) is 4.03. The number of hydrogen-bond acceptors (Lipinski definition) is 3. The normalized spacial score (nSPS) is 10.9. The summed E-state index contributed by atoms with van der Waals surface area (Å²) in [5, 5.41) is 3.35. The molecule has 2 aromatic rings. The SMILES string of the molecule is CCNC(=NCc1cccc(OC)c1OC)N(C)Cc1cccn1C.I. The highest BCUT2D eigenvalue weighted by Crippen LogP contribution is 2.31. The minimum Gasteiger partial charge on any atom is -0.493 e. The summed E-state index contributed by atoms with van der Waals surface area (Å²) in [6.45, 7) is 4.17. The second-order valence-electron chi connectivity index (χ2n) is 5.79. The standard InChI is InChI=1S/C19H28N4O2.HI/c1-6-20-19(23(3)14-16-10-8-12-22(16)2)21-13-15-9-7-11-17(24-4)18(15)25-5;/h7-12H,6,13-14H2,1-5H3,(H,20,21);1H. The zero-order valence-electron chi connectivity index (χ0n) is 16.2. The molecule has 0 unspecified atom stereocenters. The Kier molecular flexibility index (Phi) is 9.32. The number of benzene rings is 1. The summed E-state index contributed by atoms with van der Waals surface area (Å²) in [6, 6.07) is 10.0. The van der Waals surface area contributed by atoms with Gasteiger partial charge in [-0.1, -0.05) is 12.1 Å². The molecule has 7 heteroatoms. The van der Waals surface area contributed by atoms with Gasteiger partial charge in [0.05, 0.1) is 27.3 Å². The van der Waals surface area contributed by atoms with E-state index in [1.807, 2.05) is 44.6 Å². The Labute approximate surface area is 173 Å². The quantitative estimate of drug-likeness (QED) is 0.382. The summed E-state index contributed by atoms with van der Waals surface area (Å²) >= 11 is 0. The van der Waals surface area contributed by atoms with Crippen LogP contribution in [-0.2, 0) is 20.1 Å². The van der Waals surface area contributed by atoms with Gasteiger partial charge in [-0.25, -0.2) is 4.99 Å². The Morgan fingerprint density at radius 2 is 1.96 bits per heavy atom. The first-order chi connectivity index (χ1) is 12.1. The summed E-state index contributed by atoms with van der Waals surface area (Å²) in [6.07, 6.45) is 2.05. The molecule has 1 aromatic carbocycles. The monoisotopic (exact) mass is 472 g/mol. The molecule has 2 rings (SSSR count). The molecule has 144 valence electrons. The van der Waals surface area contributed by atoms with Crippen molar-refractivity contribution in [2.75, 3.05) is 27.8 Å². The molecule has 1 heterocycles. The number of nitrogens with zero attached hydrogens (tertiary/aromatic N) is 3.